The first kappa shape index (κ1) is 57.6. The van der Waals surface area contributed by atoms with Crippen LogP contribution >= 0.6 is 38.9 Å². The Morgan fingerprint density at radius 2 is 0.968 bits per heavy atom. The van der Waals surface area contributed by atoms with Crippen LogP contribution in [0.1, 0.15) is 72.4 Å². The Labute approximate surface area is 398 Å². The molecule has 3 heterocycles. The number of aromatic nitrogens is 3. The molecule has 0 radical (unpaired) electrons. The van der Waals surface area contributed by atoms with Crippen LogP contribution in [-0.2, 0) is 19.3 Å². The van der Waals surface area contributed by atoms with Gasteiger partial charge in [-0.2, -0.15) is 0 Å². The first-order valence-electron chi connectivity index (χ1n) is 20.8. The van der Waals surface area contributed by atoms with Crippen molar-refractivity contribution in [3.05, 3.63) is 248 Å². The van der Waals surface area contributed by atoms with Gasteiger partial charge >= 0.3 is 0 Å². The summed E-state index contributed by atoms with van der Waals surface area (Å²) in [5.74, 6) is 1.75. The van der Waals surface area contributed by atoms with Crippen LogP contribution in [0.3, 0.4) is 0 Å². The molecule has 0 aliphatic rings. The quantitative estimate of drug-likeness (QED) is 0.176. The number of hydrogen-bond donors (Lipinski definition) is 0. The smallest absolute Gasteiger partial charge is 0.125 e. The van der Waals surface area contributed by atoms with Crippen LogP contribution in [0, 0.1) is 34.6 Å². The first-order chi connectivity index (χ1) is 30.0. The molecule has 0 aliphatic carbocycles. The summed E-state index contributed by atoms with van der Waals surface area (Å²) in [7, 11) is 1.68. The fourth-order valence-electron chi connectivity index (χ4n) is 4.51. The predicted molar refractivity (Wildman–Crippen MR) is 281 cm³/mol. The summed E-state index contributed by atoms with van der Waals surface area (Å²) in [6.07, 6.45) is 8.64. The minimum atomic E-state index is 0. The molecule has 5 aromatic carbocycles. The third-order valence-corrected chi connectivity index (χ3v) is 10.0. The van der Waals surface area contributed by atoms with E-state index in [2.05, 4.69) is 144 Å². The third-order valence-electron chi connectivity index (χ3n) is 8.22. The van der Waals surface area contributed by atoms with E-state index in [1.54, 1.807) is 31.8 Å². The van der Waals surface area contributed by atoms with Gasteiger partial charge in [-0.25, -0.2) is 9.97 Å². The van der Waals surface area contributed by atoms with Crippen molar-refractivity contribution in [2.75, 3.05) is 7.11 Å². The molecule has 0 unspecified atom stereocenters. The van der Waals surface area contributed by atoms with E-state index in [4.69, 9.17) is 16.3 Å². The molecule has 3 aromatic heterocycles. The molecular weight excluding hydrogens is 878 g/mol. The highest BCUT2D eigenvalue weighted by atomic mass is 79.9. The van der Waals surface area contributed by atoms with E-state index in [1.165, 1.54) is 39.1 Å². The zero-order chi connectivity index (χ0) is 45.6. The lowest BCUT2D eigenvalue weighted by Crippen LogP contribution is -1.83. The molecule has 8 rings (SSSR count). The van der Waals surface area contributed by atoms with Gasteiger partial charge in [-0.3, -0.25) is 4.98 Å². The van der Waals surface area contributed by atoms with Gasteiger partial charge in [0, 0.05) is 38.7 Å². The lowest BCUT2D eigenvalue weighted by atomic mass is 10.2. The van der Waals surface area contributed by atoms with E-state index in [0.29, 0.717) is 0 Å². The van der Waals surface area contributed by atoms with Gasteiger partial charge in [-0.15, -0.1) is 11.3 Å². The second-order valence-electron chi connectivity index (χ2n) is 13.5. The number of hydrogen-bond acceptors (Lipinski definition) is 5. The van der Waals surface area contributed by atoms with E-state index in [0.717, 1.165) is 39.6 Å². The maximum absolute atomic E-state index is 5.61. The average molecular weight is 948 g/mol. The number of methoxy groups -OCH3 is 1. The molecule has 8 aromatic rings. The number of rotatable bonds is 4. The Hall–Kier alpha value is -5.40. The van der Waals surface area contributed by atoms with Gasteiger partial charge in [0.2, 0.25) is 0 Å². The van der Waals surface area contributed by atoms with Crippen molar-refractivity contribution in [3.63, 3.8) is 0 Å². The molecular formula is C56H69BrClN3OS. The van der Waals surface area contributed by atoms with Gasteiger partial charge in [0.15, 0.2) is 0 Å². The number of thiophene rings is 1. The summed E-state index contributed by atoms with van der Waals surface area (Å²) in [6, 6.07) is 56.7. The summed E-state index contributed by atoms with van der Waals surface area (Å²) in [5.41, 5.74) is 7.70. The van der Waals surface area contributed by atoms with Crippen LogP contribution < -0.4 is 4.74 Å². The number of ether oxygens (including phenoxy) is 1. The fourth-order valence-corrected chi connectivity index (χ4v) is 5.56. The molecule has 334 valence electrons. The van der Waals surface area contributed by atoms with Crippen LogP contribution in [-0.4, -0.2) is 22.1 Å². The molecule has 0 spiro atoms. The number of nitrogens with zero attached hydrogens (tertiary/aromatic N) is 3. The Kier molecular flexibility index (Phi) is 35.0. The van der Waals surface area contributed by atoms with Gasteiger partial charge in [-0.1, -0.05) is 182 Å². The van der Waals surface area contributed by atoms with Crippen molar-refractivity contribution in [3.8, 4) is 5.75 Å². The predicted octanol–water partition coefficient (Wildman–Crippen LogP) is 17.0. The van der Waals surface area contributed by atoms with Crippen LogP contribution in [0.15, 0.2) is 198 Å². The van der Waals surface area contributed by atoms with E-state index in [1.807, 2.05) is 123 Å². The monoisotopic (exact) mass is 945 g/mol. The maximum atomic E-state index is 5.61. The molecule has 63 heavy (non-hydrogen) atoms. The van der Waals surface area contributed by atoms with Gasteiger partial charge in [0.25, 0.3) is 0 Å². The SMILES string of the molecule is C.CCc1ccc(OC)cc1.CCc1ccccc1.CCc1cccs1.Cc1ccc(Br)cc1.Cc1ccc(Cl)cc1.Cc1ccccc1.Cc1ccccn1.Cc1ncccn1. The Morgan fingerprint density at radius 3 is 1.27 bits per heavy atom. The highest BCUT2D eigenvalue weighted by Gasteiger charge is 1.89. The summed E-state index contributed by atoms with van der Waals surface area (Å²) in [4.78, 5) is 13.2. The average Bonchev–Trinajstić information content (AvgIpc) is 3.86. The normalized spacial score (nSPS) is 8.94. The zero-order valence-corrected chi connectivity index (χ0v) is 41.2. The van der Waals surface area contributed by atoms with Crippen molar-refractivity contribution in [2.45, 2.75) is 82.1 Å². The Balaban J connectivity index is 0.000000698. The molecule has 4 nitrogen and oxygen atoms in total. The fraction of sp³-hybridized carbons (Fsp3) is 0.232. The van der Waals surface area contributed by atoms with Crippen LogP contribution in [0.5, 0.6) is 5.75 Å². The molecule has 0 N–H and O–H groups in total. The van der Waals surface area contributed by atoms with Gasteiger partial charge in [0.05, 0.1) is 7.11 Å². The topological polar surface area (TPSA) is 47.9 Å². The maximum Gasteiger partial charge on any atom is 0.125 e. The largest absolute Gasteiger partial charge is 0.497 e. The summed E-state index contributed by atoms with van der Waals surface area (Å²) in [5, 5.41) is 2.91. The summed E-state index contributed by atoms with van der Waals surface area (Å²) >= 11 is 10.8. The van der Waals surface area contributed by atoms with Gasteiger partial charge in [0.1, 0.15) is 11.6 Å². The second kappa shape index (κ2) is 38.3. The molecule has 0 bridgehead atoms. The number of benzene rings is 5. The molecule has 0 atom stereocenters. The lowest BCUT2D eigenvalue weighted by molar-refractivity contribution is 0.414. The molecule has 0 saturated heterocycles. The first-order valence-corrected chi connectivity index (χ1v) is 22.8. The number of halogens is 2. The summed E-state index contributed by atoms with van der Waals surface area (Å²) < 4.78 is 6.16. The minimum absolute atomic E-state index is 0. The van der Waals surface area contributed by atoms with Crippen molar-refractivity contribution >= 4 is 38.9 Å². The highest BCUT2D eigenvalue weighted by Crippen LogP contribution is 2.11. The number of pyridine rings is 1. The number of aryl methyl sites for hydroxylation is 8. The molecule has 0 saturated carbocycles. The van der Waals surface area contributed by atoms with E-state index in [9.17, 15) is 0 Å². The van der Waals surface area contributed by atoms with Gasteiger partial charge in [-0.05, 0) is 131 Å². The van der Waals surface area contributed by atoms with E-state index in [-0.39, 0.29) is 7.43 Å². The Bertz CT molecular complexity index is 1960. The van der Waals surface area contributed by atoms with Gasteiger partial charge < -0.3 is 4.74 Å². The van der Waals surface area contributed by atoms with E-state index < -0.39 is 0 Å². The molecule has 0 fully saturated rings. The van der Waals surface area contributed by atoms with E-state index >= 15 is 0 Å². The van der Waals surface area contributed by atoms with Crippen molar-refractivity contribution in [1.29, 1.82) is 0 Å². The van der Waals surface area contributed by atoms with Crippen LogP contribution in [0.2, 0.25) is 5.02 Å². The minimum Gasteiger partial charge on any atom is -0.497 e. The molecule has 7 heteroatoms. The lowest BCUT2D eigenvalue weighted by Gasteiger charge is -1.99. The Morgan fingerprint density at radius 1 is 0.492 bits per heavy atom. The van der Waals surface area contributed by atoms with Crippen LogP contribution in [0.25, 0.3) is 0 Å². The summed E-state index contributed by atoms with van der Waals surface area (Å²) in [6.45, 7) is 16.5. The third kappa shape index (κ3) is 32.9. The highest BCUT2D eigenvalue weighted by molar-refractivity contribution is 9.10. The van der Waals surface area contributed by atoms with Crippen molar-refractivity contribution in [1.82, 2.24) is 15.0 Å². The standard InChI is InChI=1S/C9H12O.C8H10.C7H7Br.C7H7Cl.C7H8.C6H7N.C6H8S.C5H6N2.CH4/c1-3-8-4-6-9(10-2)7-5-8;1-2-8-6-4-3-5-7-8;2*1-6-2-4-7(8)5-3-6;1-7-5-3-2-4-6-7;1-6-4-2-3-5-7-6;1-2-6-4-3-5-7-6;1-5-6-3-2-4-7-5;/h4-7H,3H2,1-2H3;3-7H,2H2,1H3;2*2-5H,1H3;2-6H,1H3;2-5H,1H3;3-5H,2H2,1H3;2-4H,1H3;1H4. The van der Waals surface area contributed by atoms with Crippen molar-refractivity contribution in [2.24, 2.45) is 0 Å². The molecule has 0 amide bonds. The zero-order valence-electron chi connectivity index (χ0n) is 38.0. The van der Waals surface area contributed by atoms with Crippen LogP contribution in [0.4, 0.5) is 0 Å². The molecule has 0 aliphatic heterocycles. The second-order valence-corrected chi connectivity index (χ2v) is 15.9. The van der Waals surface area contributed by atoms with Crippen molar-refractivity contribution < 1.29 is 4.74 Å².